The summed E-state index contributed by atoms with van der Waals surface area (Å²) < 4.78 is 27.3. The van der Waals surface area contributed by atoms with Crippen molar-refractivity contribution in [2.75, 3.05) is 20.1 Å². The molecule has 1 N–H and O–H groups in total. The number of benzene rings is 1. The van der Waals surface area contributed by atoms with Crippen molar-refractivity contribution < 1.29 is 13.3 Å². The van der Waals surface area contributed by atoms with Crippen LogP contribution in [0.5, 0.6) is 0 Å². The summed E-state index contributed by atoms with van der Waals surface area (Å²) in [6.45, 7) is 4.32. The van der Waals surface area contributed by atoms with Gasteiger partial charge >= 0.3 is 0 Å². The van der Waals surface area contributed by atoms with Crippen molar-refractivity contribution in [1.82, 2.24) is 9.62 Å². The molecule has 1 aromatic rings. The fraction of sp³-hybridized carbons (Fsp3) is 0.571. The molecule has 1 aliphatic rings. The summed E-state index contributed by atoms with van der Waals surface area (Å²) in [6.07, 6.45) is 1.60. The normalized spacial score (nSPS) is 18.7. The number of halogens is 1. The van der Waals surface area contributed by atoms with Crippen molar-refractivity contribution in [1.29, 1.82) is 0 Å². The summed E-state index contributed by atoms with van der Waals surface area (Å²) in [6, 6.07) is 2.65. The Labute approximate surface area is 142 Å². The zero-order valence-electron chi connectivity index (χ0n) is 13.4. The van der Waals surface area contributed by atoms with Crippen molar-refractivity contribution in [2.24, 2.45) is 0 Å². The molecule has 2 rings (SSSR count). The number of nitrogens with one attached hydrogen (secondary N) is 1. The lowest BCUT2D eigenvalue weighted by molar-refractivity contribution is -0.385. The van der Waals surface area contributed by atoms with Crippen molar-refractivity contribution in [3.63, 3.8) is 0 Å². The molecule has 23 heavy (non-hydrogen) atoms. The Morgan fingerprint density at radius 1 is 1.35 bits per heavy atom. The van der Waals surface area contributed by atoms with Crippen LogP contribution in [0.1, 0.15) is 24.0 Å². The first-order chi connectivity index (χ1) is 10.3. The van der Waals surface area contributed by atoms with Crippen LogP contribution in [0.2, 0.25) is 0 Å². The van der Waals surface area contributed by atoms with Gasteiger partial charge in [0.2, 0.25) is 10.0 Å². The smallest absolute Gasteiger partial charge is 0.273 e. The summed E-state index contributed by atoms with van der Waals surface area (Å²) in [5.74, 6) is 0. The monoisotopic (exact) mass is 363 g/mol. The van der Waals surface area contributed by atoms with Crippen LogP contribution in [0.3, 0.4) is 0 Å². The summed E-state index contributed by atoms with van der Waals surface area (Å²) in [4.78, 5) is 10.6. The molecule has 1 unspecified atom stereocenters. The van der Waals surface area contributed by atoms with Gasteiger partial charge in [-0.05, 0) is 45.4 Å². The average molecular weight is 364 g/mol. The molecule has 7 nitrogen and oxygen atoms in total. The second kappa shape index (κ2) is 7.57. The molecule has 0 amide bonds. The Balaban J connectivity index is 0.00000264. The van der Waals surface area contributed by atoms with E-state index in [9.17, 15) is 18.5 Å². The molecule has 0 aliphatic carbocycles. The van der Waals surface area contributed by atoms with Gasteiger partial charge in [-0.3, -0.25) is 10.1 Å². The van der Waals surface area contributed by atoms with Crippen molar-refractivity contribution in [3.05, 3.63) is 33.4 Å². The maximum Gasteiger partial charge on any atom is 0.273 e. The number of nitro benzene ring substituents is 1. The Morgan fingerprint density at radius 2 is 2.00 bits per heavy atom. The molecule has 1 atom stereocenters. The minimum atomic E-state index is -3.72. The van der Waals surface area contributed by atoms with Crippen molar-refractivity contribution >= 4 is 28.1 Å². The lowest BCUT2D eigenvalue weighted by atomic mass is 10.1. The van der Waals surface area contributed by atoms with E-state index in [1.54, 1.807) is 27.0 Å². The minimum absolute atomic E-state index is 0. The lowest BCUT2D eigenvalue weighted by Gasteiger charge is -2.24. The third-order valence-corrected chi connectivity index (χ3v) is 6.13. The number of hydrogen-bond acceptors (Lipinski definition) is 5. The van der Waals surface area contributed by atoms with Crippen LogP contribution in [-0.4, -0.2) is 43.8 Å². The van der Waals surface area contributed by atoms with Gasteiger partial charge in [0.1, 0.15) is 0 Å². The largest absolute Gasteiger partial charge is 0.318 e. The number of rotatable bonds is 5. The van der Waals surface area contributed by atoms with E-state index in [1.807, 2.05) is 0 Å². The number of aryl methyl sites for hydroxylation is 2. The van der Waals surface area contributed by atoms with Gasteiger partial charge in [0, 0.05) is 30.8 Å². The van der Waals surface area contributed by atoms with E-state index in [2.05, 4.69) is 5.32 Å². The molecule has 130 valence electrons. The minimum Gasteiger partial charge on any atom is -0.318 e. The van der Waals surface area contributed by atoms with Gasteiger partial charge in [0.15, 0.2) is 0 Å². The Hall–Kier alpha value is -1.22. The molecule has 1 aliphatic heterocycles. The van der Waals surface area contributed by atoms with E-state index in [-0.39, 0.29) is 29.0 Å². The van der Waals surface area contributed by atoms with Crippen LogP contribution in [0.25, 0.3) is 0 Å². The van der Waals surface area contributed by atoms with Gasteiger partial charge in [0.05, 0.1) is 9.82 Å². The molecule has 1 aromatic carbocycles. The zero-order chi connectivity index (χ0) is 16.5. The number of sulfonamides is 1. The highest BCUT2D eigenvalue weighted by molar-refractivity contribution is 7.89. The van der Waals surface area contributed by atoms with Crippen LogP contribution in [0, 0.1) is 24.0 Å². The van der Waals surface area contributed by atoms with E-state index in [1.165, 1.54) is 10.4 Å². The van der Waals surface area contributed by atoms with E-state index in [4.69, 9.17) is 0 Å². The second-order valence-electron chi connectivity index (χ2n) is 5.63. The fourth-order valence-electron chi connectivity index (χ4n) is 2.99. The van der Waals surface area contributed by atoms with Crippen LogP contribution >= 0.6 is 12.4 Å². The van der Waals surface area contributed by atoms with Crippen molar-refractivity contribution in [2.45, 2.75) is 37.6 Å². The highest BCUT2D eigenvalue weighted by atomic mass is 35.5. The molecule has 0 spiro atoms. The van der Waals surface area contributed by atoms with Gasteiger partial charge in [-0.25, -0.2) is 8.42 Å². The predicted octanol–water partition coefficient (Wildman–Crippen LogP) is 2.01. The SMILES string of the molecule is CNCC1CCCN1S(=O)(=O)c1cc([N+](=O)[O-])c(C)cc1C.Cl. The second-order valence-corrected chi connectivity index (χ2v) is 7.49. The summed E-state index contributed by atoms with van der Waals surface area (Å²) in [5, 5.41) is 14.1. The molecule has 1 fully saturated rings. The van der Waals surface area contributed by atoms with E-state index >= 15 is 0 Å². The standard InChI is InChI=1S/C14H21N3O4S.ClH/c1-10-7-11(2)14(8-13(10)17(18)19)22(20,21)16-6-4-5-12(16)9-15-3;/h7-8,12,15H,4-6,9H2,1-3H3;1H. The summed E-state index contributed by atoms with van der Waals surface area (Å²) in [7, 11) is -1.94. The quantitative estimate of drug-likeness (QED) is 0.638. The lowest BCUT2D eigenvalue weighted by Crippen LogP contribution is -2.41. The van der Waals surface area contributed by atoms with Gasteiger partial charge in [0.25, 0.3) is 5.69 Å². The Morgan fingerprint density at radius 3 is 2.57 bits per heavy atom. The van der Waals surface area contributed by atoms with Gasteiger partial charge in [-0.1, -0.05) is 0 Å². The average Bonchev–Trinajstić information content (AvgIpc) is 2.87. The molecule has 0 aromatic heterocycles. The number of nitrogens with zero attached hydrogens (tertiary/aromatic N) is 2. The fourth-order valence-corrected chi connectivity index (χ4v) is 4.91. The first-order valence-corrected chi connectivity index (χ1v) is 8.65. The molecule has 0 radical (unpaired) electrons. The van der Waals surface area contributed by atoms with E-state index in [0.717, 1.165) is 12.8 Å². The molecule has 1 saturated heterocycles. The van der Waals surface area contributed by atoms with Gasteiger partial charge < -0.3 is 5.32 Å². The number of nitro groups is 1. The third kappa shape index (κ3) is 3.82. The number of hydrogen-bond donors (Lipinski definition) is 1. The Kier molecular flexibility index (Phi) is 6.52. The highest BCUT2D eigenvalue weighted by Crippen LogP contribution is 2.31. The first-order valence-electron chi connectivity index (χ1n) is 7.21. The van der Waals surface area contributed by atoms with E-state index < -0.39 is 14.9 Å². The molecule has 0 bridgehead atoms. The van der Waals surface area contributed by atoms with Crippen LogP contribution in [-0.2, 0) is 10.0 Å². The maximum atomic E-state index is 12.9. The predicted molar refractivity (Wildman–Crippen MR) is 90.7 cm³/mol. The molecular weight excluding hydrogens is 342 g/mol. The molecule has 0 saturated carbocycles. The zero-order valence-corrected chi connectivity index (χ0v) is 15.0. The summed E-state index contributed by atoms with van der Waals surface area (Å²) >= 11 is 0. The van der Waals surface area contributed by atoms with Crippen LogP contribution < -0.4 is 5.32 Å². The van der Waals surface area contributed by atoms with Gasteiger partial charge in [-0.15, -0.1) is 12.4 Å². The first kappa shape index (κ1) is 19.8. The van der Waals surface area contributed by atoms with Crippen LogP contribution in [0.4, 0.5) is 5.69 Å². The van der Waals surface area contributed by atoms with Gasteiger partial charge in [-0.2, -0.15) is 4.31 Å². The maximum absolute atomic E-state index is 12.9. The molecule has 9 heteroatoms. The molecule has 1 heterocycles. The van der Waals surface area contributed by atoms with Crippen LogP contribution in [0.15, 0.2) is 17.0 Å². The van der Waals surface area contributed by atoms with Crippen molar-refractivity contribution in [3.8, 4) is 0 Å². The highest BCUT2D eigenvalue weighted by Gasteiger charge is 2.36. The third-order valence-electron chi connectivity index (χ3n) is 4.04. The summed E-state index contributed by atoms with van der Waals surface area (Å²) in [5.41, 5.74) is 0.849. The number of likely N-dealkylation sites (N-methyl/N-ethyl adjacent to an activating group) is 1. The van der Waals surface area contributed by atoms with E-state index in [0.29, 0.717) is 24.2 Å². The topological polar surface area (TPSA) is 92.6 Å². The Bertz CT molecular complexity index is 694. The molecular formula is C14H22ClN3O4S.